The van der Waals surface area contributed by atoms with Gasteiger partial charge in [0.25, 0.3) is 0 Å². The van der Waals surface area contributed by atoms with Crippen molar-refractivity contribution in [2.24, 2.45) is 5.92 Å². The molecule has 2 aromatic rings. The fourth-order valence-corrected chi connectivity index (χ4v) is 2.94. The van der Waals surface area contributed by atoms with Gasteiger partial charge in [0.05, 0.1) is 19.6 Å². The fraction of sp³-hybridized carbons (Fsp3) is 0.368. The Morgan fingerprint density at radius 3 is 2.93 bits per heavy atom. The summed E-state index contributed by atoms with van der Waals surface area (Å²) in [5, 5.41) is 2.84. The number of carbonyl (C=O) groups is 2. The van der Waals surface area contributed by atoms with Gasteiger partial charge in [-0.1, -0.05) is 6.07 Å². The van der Waals surface area contributed by atoms with E-state index in [0.717, 1.165) is 11.5 Å². The largest absolute Gasteiger partial charge is 0.497 e. The lowest BCUT2D eigenvalue weighted by Crippen LogP contribution is -2.33. The minimum absolute atomic E-state index is 0.0748. The SMILES string of the molecule is COc1cccc(N2CC(C(=O)NCc3nccc(N(C)C)n3)CC2=O)c1. The van der Waals surface area contributed by atoms with Crippen molar-refractivity contribution in [2.75, 3.05) is 37.5 Å². The second-order valence-electron chi connectivity index (χ2n) is 6.55. The minimum atomic E-state index is -0.402. The van der Waals surface area contributed by atoms with Crippen molar-refractivity contribution in [2.45, 2.75) is 13.0 Å². The third kappa shape index (κ3) is 4.33. The number of carbonyl (C=O) groups excluding carboxylic acids is 2. The number of benzene rings is 1. The van der Waals surface area contributed by atoms with Gasteiger partial charge < -0.3 is 19.9 Å². The lowest BCUT2D eigenvalue weighted by Gasteiger charge is -2.17. The number of amides is 2. The first-order valence-electron chi connectivity index (χ1n) is 8.69. The molecule has 8 heteroatoms. The molecule has 1 aromatic carbocycles. The first-order valence-corrected chi connectivity index (χ1v) is 8.69. The summed E-state index contributed by atoms with van der Waals surface area (Å²) in [4.78, 5) is 36.9. The van der Waals surface area contributed by atoms with Crippen molar-refractivity contribution in [1.82, 2.24) is 15.3 Å². The predicted octanol–water partition coefficient (Wildman–Crippen LogP) is 1.22. The zero-order valence-corrected chi connectivity index (χ0v) is 15.7. The van der Waals surface area contributed by atoms with E-state index in [1.54, 1.807) is 30.3 Å². The smallest absolute Gasteiger partial charge is 0.227 e. The number of rotatable bonds is 6. The summed E-state index contributed by atoms with van der Waals surface area (Å²) in [6, 6.07) is 9.06. The minimum Gasteiger partial charge on any atom is -0.497 e. The summed E-state index contributed by atoms with van der Waals surface area (Å²) in [5.74, 6) is 1.33. The molecule has 0 saturated carbocycles. The van der Waals surface area contributed by atoms with Crippen molar-refractivity contribution < 1.29 is 14.3 Å². The average Bonchev–Trinajstić information content (AvgIpc) is 3.08. The molecular weight excluding hydrogens is 346 g/mol. The summed E-state index contributed by atoms with van der Waals surface area (Å²) in [5.41, 5.74) is 0.733. The van der Waals surface area contributed by atoms with Crippen LogP contribution in [0.1, 0.15) is 12.2 Å². The summed E-state index contributed by atoms with van der Waals surface area (Å²) in [6.07, 6.45) is 1.84. The molecule has 0 bridgehead atoms. The normalized spacial score (nSPS) is 16.3. The summed E-state index contributed by atoms with van der Waals surface area (Å²) >= 11 is 0. The first kappa shape index (κ1) is 18.6. The van der Waals surface area contributed by atoms with Gasteiger partial charge in [-0.25, -0.2) is 9.97 Å². The molecule has 1 atom stereocenters. The third-order valence-electron chi connectivity index (χ3n) is 4.43. The number of hydrogen-bond acceptors (Lipinski definition) is 6. The fourth-order valence-electron chi connectivity index (χ4n) is 2.94. The average molecular weight is 369 g/mol. The van der Waals surface area contributed by atoms with Gasteiger partial charge in [0.1, 0.15) is 17.4 Å². The summed E-state index contributed by atoms with van der Waals surface area (Å²) in [6.45, 7) is 0.570. The number of anilines is 2. The van der Waals surface area contributed by atoms with Crippen LogP contribution in [0.25, 0.3) is 0 Å². The topological polar surface area (TPSA) is 87.7 Å². The molecule has 2 amide bonds. The van der Waals surface area contributed by atoms with Crippen molar-refractivity contribution in [3.63, 3.8) is 0 Å². The zero-order valence-electron chi connectivity index (χ0n) is 15.7. The van der Waals surface area contributed by atoms with E-state index in [9.17, 15) is 9.59 Å². The molecule has 1 aromatic heterocycles. The second-order valence-corrected chi connectivity index (χ2v) is 6.55. The van der Waals surface area contributed by atoms with Crippen molar-refractivity contribution in [1.29, 1.82) is 0 Å². The number of hydrogen-bond donors (Lipinski definition) is 1. The lowest BCUT2D eigenvalue weighted by atomic mass is 10.1. The van der Waals surface area contributed by atoms with Crippen LogP contribution >= 0.6 is 0 Å². The maximum absolute atomic E-state index is 12.5. The van der Waals surface area contributed by atoms with Crippen molar-refractivity contribution in [3.8, 4) is 5.75 Å². The van der Waals surface area contributed by atoms with E-state index in [2.05, 4.69) is 15.3 Å². The Morgan fingerprint density at radius 2 is 2.19 bits per heavy atom. The number of nitrogens with one attached hydrogen (secondary N) is 1. The molecule has 142 valence electrons. The highest BCUT2D eigenvalue weighted by Gasteiger charge is 2.35. The predicted molar refractivity (Wildman–Crippen MR) is 102 cm³/mol. The molecule has 1 unspecified atom stereocenters. The maximum Gasteiger partial charge on any atom is 0.227 e. The molecule has 1 fully saturated rings. The molecule has 1 aliphatic heterocycles. The second kappa shape index (κ2) is 8.03. The standard InChI is InChI=1S/C19H23N5O3/c1-23(2)17-7-8-20-16(22-17)11-21-19(26)13-9-18(25)24(12-13)14-5-4-6-15(10-14)27-3/h4-8,10,13H,9,11-12H2,1-3H3,(H,21,26). The van der Waals surface area contributed by atoms with Crippen LogP contribution in [-0.4, -0.2) is 49.5 Å². The number of methoxy groups -OCH3 is 1. The quantitative estimate of drug-likeness (QED) is 0.824. The molecule has 0 aliphatic carbocycles. The van der Waals surface area contributed by atoms with Gasteiger partial charge >= 0.3 is 0 Å². The van der Waals surface area contributed by atoms with Crippen LogP contribution < -0.4 is 19.9 Å². The Labute approximate surface area is 158 Å². The van der Waals surface area contributed by atoms with Gasteiger partial charge in [0, 0.05) is 45.0 Å². The van der Waals surface area contributed by atoms with Crippen LogP contribution in [0.4, 0.5) is 11.5 Å². The number of nitrogens with zero attached hydrogens (tertiary/aromatic N) is 4. The third-order valence-corrected chi connectivity index (χ3v) is 4.43. The van der Waals surface area contributed by atoms with E-state index < -0.39 is 5.92 Å². The summed E-state index contributed by atoms with van der Waals surface area (Å²) < 4.78 is 5.20. The van der Waals surface area contributed by atoms with Crippen LogP contribution in [0.5, 0.6) is 5.75 Å². The molecule has 0 radical (unpaired) electrons. The molecule has 3 rings (SSSR count). The Hall–Kier alpha value is -3.16. The van der Waals surface area contributed by atoms with Crippen LogP contribution in [0, 0.1) is 5.92 Å². The van der Waals surface area contributed by atoms with E-state index in [0.29, 0.717) is 18.1 Å². The van der Waals surface area contributed by atoms with Crippen LogP contribution in [0.15, 0.2) is 36.5 Å². The highest BCUT2D eigenvalue weighted by molar-refractivity contribution is 6.00. The molecule has 0 spiro atoms. The molecule has 2 heterocycles. The Bertz CT molecular complexity index is 840. The van der Waals surface area contributed by atoms with Crippen LogP contribution in [0.2, 0.25) is 0 Å². The van der Waals surface area contributed by atoms with Gasteiger partial charge in [-0.15, -0.1) is 0 Å². The summed E-state index contributed by atoms with van der Waals surface area (Å²) in [7, 11) is 5.36. The van der Waals surface area contributed by atoms with E-state index in [4.69, 9.17) is 4.74 Å². The van der Waals surface area contributed by atoms with Gasteiger partial charge in [-0.3, -0.25) is 9.59 Å². The van der Waals surface area contributed by atoms with Crippen LogP contribution in [-0.2, 0) is 16.1 Å². The molecule has 27 heavy (non-hydrogen) atoms. The molecular formula is C19H23N5O3. The van der Waals surface area contributed by atoms with Gasteiger partial charge in [0.2, 0.25) is 11.8 Å². The van der Waals surface area contributed by atoms with E-state index >= 15 is 0 Å². The Kier molecular flexibility index (Phi) is 5.54. The molecule has 1 saturated heterocycles. The highest BCUT2D eigenvalue weighted by Crippen LogP contribution is 2.28. The van der Waals surface area contributed by atoms with E-state index in [1.165, 1.54) is 0 Å². The van der Waals surface area contributed by atoms with Crippen LogP contribution in [0.3, 0.4) is 0 Å². The highest BCUT2D eigenvalue weighted by atomic mass is 16.5. The molecule has 8 nitrogen and oxygen atoms in total. The van der Waals surface area contributed by atoms with Crippen molar-refractivity contribution >= 4 is 23.3 Å². The number of ether oxygens (including phenoxy) is 1. The Morgan fingerprint density at radius 1 is 1.37 bits per heavy atom. The number of aromatic nitrogens is 2. The van der Waals surface area contributed by atoms with Gasteiger partial charge in [-0.05, 0) is 18.2 Å². The maximum atomic E-state index is 12.5. The Balaban J connectivity index is 1.61. The monoisotopic (exact) mass is 369 g/mol. The molecule has 1 N–H and O–H groups in total. The van der Waals surface area contributed by atoms with Crippen molar-refractivity contribution in [3.05, 3.63) is 42.4 Å². The lowest BCUT2D eigenvalue weighted by molar-refractivity contribution is -0.126. The molecule has 1 aliphatic rings. The first-order chi connectivity index (χ1) is 13.0. The van der Waals surface area contributed by atoms with Gasteiger partial charge in [0.15, 0.2) is 0 Å². The van der Waals surface area contributed by atoms with E-state index in [-0.39, 0.29) is 24.8 Å². The van der Waals surface area contributed by atoms with Gasteiger partial charge in [-0.2, -0.15) is 0 Å². The zero-order chi connectivity index (χ0) is 19.4. The van der Waals surface area contributed by atoms with E-state index in [1.807, 2.05) is 37.2 Å².